The molecule has 2 heterocycles. The molecule has 2 aromatic rings. The molecule has 1 aliphatic rings. The lowest BCUT2D eigenvalue weighted by molar-refractivity contribution is 0.253. The highest BCUT2D eigenvalue weighted by Crippen LogP contribution is 2.17. The van der Waals surface area contributed by atoms with E-state index in [0.717, 1.165) is 38.2 Å². The van der Waals surface area contributed by atoms with Crippen molar-refractivity contribution in [2.24, 2.45) is 0 Å². The van der Waals surface area contributed by atoms with Gasteiger partial charge in [-0.3, -0.25) is 4.90 Å². The van der Waals surface area contributed by atoms with E-state index in [1.165, 1.54) is 11.1 Å². The fourth-order valence-corrected chi connectivity index (χ4v) is 2.67. The van der Waals surface area contributed by atoms with Crippen molar-refractivity contribution in [2.45, 2.75) is 13.8 Å². The van der Waals surface area contributed by atoms with Crippen molar-refractivity contribution in [3.05, 3.63) is 30.1 Å². The molecule has 4 nitrogen and oxygen atoms in total. The predicted octanol–water partition coefficient (Wildman–Crippen LogP) is 1.62. The number of nitrogens with zero attached hydrogens (tertiary/aromatic N) is 4. The van der Waals surface area contributed by atoms with Gasteiger partial charge in [0.2, 0.25) is 0 Å². The van der Waals surface area contributed by atoms with Crippen molar-refractivity contribution in [2.75, 3.05) is 37.7 Å². The van der Waals surface area contributed by atoms with Gasteiger partial charge in [0.1, 0.15) is 6.33 Å². The van der Waals surface area contributed by atoms with Crippen LogP contribution in [-0.4, -0.2) is 47.3 Å². The highest BCUT2D eigenvalue weighted by atomic mass is 15.6. The number of hydrogen-bond acceptors (Lipinski definition) is 3. The standard InChI is InChI=1S/C14H20N4/c1-3-16-7-9-17(10-8-16)18-11-15-14-12(2)5-4-6-13(14)18/h4-6,11H,3,7-10H2,1-2H3. The van der Waals surface area contributed by atoms with Gasteiger partial charge in [0.05, 0.1) is 11.0 Å². The number of aryl methyl sites for hydroxylation is 1. The summed E-state index contributed by atoms with van der Waals surface area (Å²) in [5.74, 6) is 0. The van der Waals surface area contributed by atoms with E-state index in [1.807, 2.05) is 6.33 Å². The number of aromatic nitrogens is 2. The second kappa shape index (κ2) is 4.61. The maximum absolute atomic E-state index is 4.54. The number of rotatable bonds is 2. The molecule has 1 fully saturated rings. The van der Waals surface area contributed by atoms with Crippen molar-refractivity contribution in [1.29, 1.82) is 0 Å². The summed E-state index contributed by atoms with van der Waals surface area (Å²) >= 11 is 0. The first kappa shape index (κ1) is 11.5. The summed E-state index contributed by atoms with van der Waals surface area (Å²) in [5.41, 5.74) is 3.59. The zero-order chi connectivity index (χ0) is 12.5. The van der Waals surface area contributed by atoms with Gasteiger partial charge < -0.3 is 5.01 Å². The van der Waals surface area contributed by atoms with Crippen molar-refractivity contribution in [1.82, 2.24) is 14.6 Å². The third kappa shape index (κ3) is 1.86. The third-order valence-electron chi connectivity index (χ3n) is 3.86. The minimum atomic E-state index is 1.08. The monoisotopic (exact) mass is 244 g/mol. The molecule has 0 bridgehead atoms. The first-order valence-electron chi connectivity index (χ1n) is 6.70. The number of hydrogen-bond donors (Lipinski definition) is 0. The summed E-state index contributed by atoms with van der Waals surface area (Å²) in [6.07, 6.45) is 1.96. The van der Waals surface area contributed by atoms with Crippen LogP contribution in [0.2, 0.25) is 0 Å². The lowest BCUT2D eigenvalue weighted by Gasteiger charge is -2.36. The minimum absolute atomic E-state index is 1.08. The Morgan fingerprint density at radius 3 is 2.67 bits per heavy atom. The van der Waals surface area contributed by atoms with Gasteiger partial charge in [0.15, 0.2) is 0 Å². The maximum Gasteiger partial charge on any atom is 0.116 e. The largest absolute Gasteiger partial charge is 0.309 e. The summed E-state index contributed by atoms with van der Waals surface area (Å²) in [6.45, 7) is 9.93. The molecule has 0 radical (unpaired) electrons. The van der Waals surface area contributed by atoms with Gasteiger partial charge in [-0.2, -0.15) is 0 Å². The Morgan fingerprint density at radius 1 is 1.17 bits per heavy atom. The Labute approximate surface area is 108 Å². The van der Waals surface area contributed by atoms with Gasteiger partial charge in [-0.1, -0.05) is 19.1 Å². The molecule has 4 heteroatoms. The molecular formula is C14H20N4. The van der Waals surface area contributed by atoms with E-state index >= 15 is 0 Å². The molecule has 0 atom stereocenters. The molecule has 0 unspecified atom stereocenters. The zero-order valence-corrected chi connectivity index (χ0v) is 11.1. The second-order valence-corrected chi connectivity index (χ2v) is 4.92. The van der Waals surface area contributed by atoms with Crippen LogP contribution in [0.5, 0.6) is 0 Å². The SMILES string of the molecule is CCN1CCN(n2cnc3c(C)cccc32)CC1. The number of benzene rings is 1. The number of piperazine rings is 1. The maximum atomic E-state index is 4.54. The normalized spacial score (nSPS) is 17.6. The lowest BCUT2D eigenvalue weighted by atomic mass is 10.2. The van der Waals surface area contributed by atoms with E-state index in [2.05, 4.69) is 51.6 Å². The molecule has 0 saturated carbocycles. The molecular weight excluding hydrogens is 224 g/mol. The van der Waals surface area contributed by atoms with Crippen LogP contribution in [0, 0.1) is 6.92 Å². The highest BCUT2D eigenvalue weighted by molar-refractivity contribution is 5.79. The Balaban J connectivity index is 1.89. The molecule has 96 valence electrons. The number of fused-ring (bicyclic) bond motifs is 1. The van der Waals surface area contributed by atoms with E-state index < -0.39 is 0 Å². The average Bonchev–Trinajstić information content (AvgIpc) is 2.84. The van der Waals surface area contributed by atoms with Gasteiger partial charge in [0, 0.05) is 26.2 Å². The smallest absolute Gasteiger partial charge is 0.116 e. The van der Waals surface area contributed by atoms with E-state index in [0.29, 0.717) is 0 Å². The van der Waals surface area contributed by atoms with E-state index in [4.69, 9.17) is 0 Å². The quantitative estimate of drug-likeness (QED) is 0.802. The third-order valence-corrected chi connectivity index (χ3v) is 3.86. The van der Waals surface area contributed by atoms with Crippen LogP contribution in [0.1, 0.15) is 12.5 Å². The van der Waals surface area contributed by atoms with Crippen molar-refractivity contribution in [3.63, 3.8) is 0 Å². The molecule has 1 aromatic heterocycles. The van der Waals surface area contributed by atoms with E-state index in [1.54, 1.807) is 0 Å². The summed E-state index contributed by atoms with van der Waals surface area (Å²) in [6, 6.07) is 6.38. The molecule has 0 N–H and O–H groups in total. The van der Waals surface area contributed by atoms with Gasteiger partial charge in [0.25, 0.3) is 0 Å². The summed E-state index contributed by atoms with van der Waals surface area (Å²) in [7, 11) is 0. The predicted molar refractivity (Wildman–Crippen MR) is 74.5 cm³/mol. The number of para-hydroxylation sites is 1. The zero-order valence-electron chi connectivity index (χ0n) is 11.1. The number of imidazole rings is 1. The summed E-state index contributed by atoms with van der Waals surface area (Å²) < 4.78 is 2.22. The topological polar surface area (TPSA) is 24.3 Å². The van der Waals surface area contributed by atoms with Crippen LogP contribution in [0.3, 0.4) is 0 Å². The Hall–Kier alpha value is -1.55. The number of likely N-dealkylation sites (N-methyl/N-ethyl adjacent to an activating group) is 1. The Kier molecular flexibility index (Phi) is 2.96. The van der Waals surface area contributed by atoms with Gasteiger partial charge in [-0.15, -0.1) is 0 Å². The average molecular weight is 244 g/mol. The van der Waals surface area contributed by atoms with Gasteiger partial charge >= 0.3 is 0 Å². The second-order valence-electron chi connectivity index (χ2n) is 4.92. The van der Waals surface area contributed by atoms with E-state index in [9.17, 15) is 0 Å². The fraction of sp³-hybridized carbons (Fsp3) is 0.500. The molecule has 0 aliphatic carbocycles. The van der Waals surface area contributed by atoms with Crippen LogP contribution < -0.4 is 5.01 Å². The first-order chi connectivity index (χ1) is 8.79. The van der Waals surface area contributed by atoms with Crippen LogP contribution in [0.15, 0.2) is 24.5 Å². The van der Waals surface area contributed by atoms with E-state index in [-0.39, 0.29) is 0 Å². The summed E-state index contributed by atoms with van der Waals surface area (Å²) in [4.78, 5) is 7.03. The Morgan fingerprint density at radius 2 is 1.94 bits per heavy atom. The lowest BCUT2D eigenvalue weighted by Crippen LogP contribution is -2.50. The summed E-state index contributed by atoms with van der Waals surface area (Å²) in [5, 5.41) is 2.39. The van der Waals surface area contributed by atoms with Crippen LogP contribution in [-0.2, 0) is 0 Å². The van der Waals surface area contributed by atoms with Crippen LogP contribution >= 0.6 is 0 Å². The fourth-order valence-electron chi connectivity index (χ4n) is 2.67. The van der Waals surface area contributed by atoms with Crippen molar-refractivity contribution in [3.8, 4) is 0 Å². The molecule has 1 aromatic carbocycles. The highest BCUT2D eigenvalue weighted by Gasteiger charge is 2.17. The molecule has 18 heavy (non-hydrogen) atoms. The molecule has 0 amide bonds. The molecule has 3 rings (SSSR count). The van der Waals surface area contributed by atoms with Crippen LogP contribution in [0.4, 0.5) is 0 Å². The Bertz CT molecular complexity index is 538. The molecule has 1 saturated heterocycles. The van der Waals surface area contributed by atoms with Crippen LogP contribution in [0.25, 0.3) is 11.0 Å². The molecule has 0 spiro atoms. The molecule has 1 aliphatic heterocycles. The van der Waals surface area contributed by atoms with Gasteiger partial charge in [-0.05, 0) is 25.1 Å². The first-order valence-corrected chi connectivity index (χ1v) is 6.70. The van der Waals surface area contributed by atoms with Crippen molar-refractivity contribution >= 4 is 11.0 Å². The van der Waals surface area contributed by atoms with Gasteiger partial charge in [-0.25, -0.2) is 9.66 Å². The minimum Gasteiger partial charge on any atom is -0.309 e. The van der Waals surface area contributed by atoms with Crippen molar-refractivity contribution < 1.29 is 0 Å².